The number of hydrogen-bond acceptors (Lipinski definition) is 2. The van der Waals surface area contributed by atoms with Crippen molar-refractivity contribution >= 4 is 9.93 Å². The molecular weight excluding hydrogens is 124 g/mol. The highest BCUT2D eigenvalue weighted by molar-refractivity contribution is 8.02. The van der Waals surface area contributed by atoms with Crippen LogP contribution in [0.15, 0.2) is 0 Å². The highest BCUT2D eigenvalue weighted by Gasteiger charge is 2.23. The monoisotopic (exact) mass is 136 g/mol. The zero-order chi connectivity index (χ0) is 6.20. The fourth-order valence-corrected chi connectivity index (χ4v) is 3.15. The van der Waals surface area contributed by atoms with E-state index in [0.717, 1.165) is 12.2 Å². The molecule has 1 aliphatic heterocycles. The van der Waals surface area contributed by atoms with Crippen LogP contribution in [0.5, 0.6) is 0 Å². The fraction of sp³-hybridized carbons (Fsp3) is 1.00. The molecule has 1 unspecified atom stereocenters. The number of aliphatic hydroxyl groups is 1. The van der Waals surface area contributed by atoms with Crippen molar-refractivity contribution in [2.75, 3.05) is 17.8 Å². The van der Waals surface area contributed by atoms with E-state index in [4.69, 9.17) is 5.11 Å². The molecule has 0 aliphatic carbocycles. The Morgan fingerprint density at radius 2 is 2.38 bits per heavy atom. The van der Waals surface area contributed by atoms with Gasteiger partial charge < -0.3 is 5.11 Å². The van der Waals surface area contributed by atoms with E-state index in [9.17, 15) is 4.21 Å². The summed E-state index contributed by atoms with van der Waals surface area (Å²) in [4.78, 5) is 0. The number of thiol groups is 1. The number of hydrogen-bond donors (Lipinski definition) is 2. The van der Waals surface area contributed by atoms with E-state index in [1.165, 1.54) is 0 Å². The number of rotatable bonds is 0. The molecule has 50 valence electrons. The van der Waals surface area contributed by atoms with E-state index in [1.807, 2.05) is 0 Å². The van der Waals surface area contributed by atoms with Crippen LogP contribution in [0.3, 0.4) is 0 Å². The van der Waals surface area contributed by atoms with Gasteiger partial charge in [0.2, 0.25) is 0 Å². The topological polar surface area (TPSA) is 37.3 Å². The maximum absolute atomic E-state index is 11.1. The standard InChI is InChI=1S/C5H12O2S/c1-8(7)3-2-5(6)4-8/h5-6,8H,2-4H2,1H3. The van der Waals surface area contributed by atoms with Crippen molar-refractivity contribution in [2.24, 2.45) is 0 Å². The minimum Gasteiger partial charge on any atom is -0.392 e. The molecule has 0 bridgehead atoms. The van der Waals surface area contributed by atoms with Gasteiger partial charge in [-0.15, -0.1) is 9.93 Å². The molecule has 1 saturated heterocycles. The quantitative estimate of drug-likeness (QED) is 0.436. The summed E-state index contributed by atoms with van der Waals surface area (Å²) in [6, 6.07) is 0. The second kappa shape index (κ2) is 1.81. The lowest BCUT2D eigenvalue weighted by atomic mass is 10.3. The van der Waals surface area contributed by atoms with E-state index in [-0.39, 0.29) is 6.10 Å². The maximum atomic E-state index is 11.1. The second-order valence-corrected chi connectivity index (χ2v) is 6.05. The summed E-state index contributed by atoms with van der Waals surface area (Å²) in [6.07, 6.45) is 2.24. The van der Waals surface area contributed by atoms with E-state index in [1.54, 1.807) is 6.26 Å². The molecule has 8 heavy (non-hydrogen) atoms. The summed E-state index contributed by atoms with van der Waals surface area (Å²) in [5, 5.41) is 8.89. The largest absolute Gasteiger partial charge is 0.392 e. The van der Waals surface area contributed by atoms with Crippen molar-refractivity contribution in [1.29, 1.82) is 0 Å². The van der Waals surface area contributed by atoms with Gasteiger partial charge >= 0.3 is 0 Å². The maximum Gasteiger partial charge on any atom is 0.0644 e. The van der Waals surface area contributed by atoms with E-state index in [0.29, 0.717) is 5.75 Å². The second-order valence-electron chi connectivity index (χ2n) is 2.65. The summed E-state index contributed by atoms with van der Waals surface area (Å²) in [5.74, 6) is 1.29. The first-order valence-corrected chi connectivity index (χ1v) is 5.36. The van der Waals surface area contributed by atoms with Crippen molar-refractivity contribution < 1.29 is 9.32 Å². The summed E-state index contributed by atoms with van der Waals surface area (Å²) in [6.45, 7) is 0. The Morgan fingerprint density at radius 3 is 2.50 bits per heavy atom. The highest BCUT2D eigenvalue weighted by Crippen LogP contribution is 2.15. The van der Waals surface area contributed by atoms with E-state index in [2.05, 4.69) is 0 Å². The zero-order valence-corrected chi connectivity index (χ0v) is 5.90. The average Bonchev–Trinajstić information content (AvgIpc) is 1.82. The first-order valence-electron chi connectivity index (χ1n) is 2.84. The Labute approximate surface area is 50.3 Å². The molecule has 1 rings (SSSR count). The normalized spacial score (nSPS) is 39.5. The zero-order valence-electron chi connectivity index (χ0n) is 5.00. The van der Waals surface area contributed by atoms with Crippen LogP contribution in [0.2, 0.25) is 0 Å². The van der Waals surface area contributed by atoms with Gasteiger partial charge in [0, 0.05) is 11.5 Å². The molecule has 0 aromatic carbocycles. The van der Waals surface area contributed by atoms with Crippen LogP contribution >= 0.6 is 0 Å². The molecule has 0 aromatic rings. The van der Waals surface area contributed by atoms with Crippen LogP contribution in [0, 0.1) is 0 Å². The third kappa shape index (κ3) is 1.29. The predicted molar refractivity (Wildman–Crippen MR) is 35.8 cm³/mol. The lowest BCUT2D eigenvalue weighted by molar-refractivity contribution is 0.202. The van der Waals surface area contributed by atoms with Crippen molar-refractivity contribution in [3.05, 3.63) is 0 Å². The number of aliphatic hydroxyl groups excluding tert-OH is 1. The van der Waals surface area contributed by atoms with Crippen LogP contribution in [-0.4, -0.2) is 33.2 Å². The summed E-state index contributed by atoms with van der Waals surface area (Å²) < 4.78 is 11.1. The lowest BCUT2D eigenvalue weighted by Gasteiger charge is -2.06. The molecule has 1 aliphatic rings. The molecule has 1 heterocycles. The SMILES string of the molecule is C[SH]1(=O)CCC(O)C1. The van der Waals surface area contributed by atoms with E-state index >= 15 is 0 Å². The summed E-state index contributed by atoms with van der Waals surface area (Å²) in [5.41, 5.74) is 0. The van der Waals surface area contributed by atoms with Crippen molar-refractivity contribution in [1.82, 2.24) is 0 Å². The molecule has 0 radical (unpaired) electrons. The third-order valence-electron chi connectivity index (χ3n) is 1.53. The third-order valence-corrected chi connectivity index (χ3v) is 3.93. The van der Waals surface area contributed by atoms with Gasteiger partial charge in [-0.05, 0) is 12.7 Å². The van der Waals surface area contributed by atoms with Gasteiger partial charge in [-0.1, -0.05) is 0 Å². The Morgan fingerprint density at radius 1 is 1.75 bits per heavy atom. The van der Waals surface area contributed by atoms with Gasteiger partial charge in [0.1, 0.15) is 0 Å². The minimum absolute atomic E-state index is 0.272. The smallest absolute Gasteiger partial charge is 0.0644 e. The van der Waals surface area contributed by atoms with Crippen LogP contribution in [0.25, 0.3) is 0 Å². The van der Waals surface area contributed by atoms with Gasteiger partial charge in [0.05, 0.1) is 6.10 Å². The van der Waals surface area contributed by atoms with Gasteiger partial charge in [0.25, 0.3) is 0 Å². The molecule has 0 saturated carbocycles. The molecule has 3 heteroatoms. The predicted octanol–water partition coefficient (Wildman–Crippen LogP) is -0.603. The average molecular weight is 136 g/mol. The molecule has 1 atom stereocenters. The highest BCUT2D eigenvalue weighted by atomic mass is 32.2. The van der Waals surface area contributed by atoms with Crippen LogP contribution < -0.4 is 0 Å². The van der Waals surface area contributed by atoms with Crippen molar-refractivity contribution in [2.45, 2.75) is 12.5 Å². The van der Waals surface area contributed by atoms with Crippen LogP contribution in [-0.2, 0) is 9.93 Å². The molecular formula is C5H12O2S. The van der Waals surface area contributed by atoms with Gasteiger partial charge in [-0.2, -0.15) is 0 Å². The first-order chi connectivity index (χ1) is 3.60. The molecule has 0 amide bonds. The molecule has 2 nitrogen and oxygen atoms in total. The Kier molecular flexibility index (Phi) is 1.41. The summed E-state index contributed by atoms with van der Waals surface area (Å²) >= 11 is 0. The van der Waals surface area contributed by atoms with Gasteiger partial charge in [-0.25, -0.2) is 0 Å². The molecule has 0 aromatic heterocycles. The molecule has 0 spiro atoms. The van der Waals surface area contributed by atoms with Crippen LogP contribution in [0.4, 0.5) is 0 Å². The molecule has 1 N–H and O–H groups in total. The fourth-order valence-electron chi connectivity index (χ4n) is 1.05. The van der Waals surface area contributed by atoms with Crippen LogP contribution in [0.1, 0.15) is 6.42 Å². The summed E-state index contributed by atoms with van der Waals surface area (Å²) in [7, 11) is -1.85. The Bertz CT molecular complexity index is 132. The lowest BCUT2D eigenvalue weighted by Crippen LogP contribution is -2.14. The Hall–Kier alpha value is 0.110. The van der Waals surface area contributed by atoms with Gasteiger partial charge in [-0.3, -0.25) is 4.21 Å². The molecule has 1 fully saturated rings. The van der Waals surface area contributed by atoms with E-state index < -0.39 is 9.93 Å². The minimum atomic E-state index is -1.85. The van der Waals surface area contributed by atoms with Crippen molar-refractivity contribution in [3.8, 4) is 0 Å². The van der Waals surface area contributed by atoms with Crippen molar-refractivity contribution in [3.63, 3.8) is 0 Å². The first kappa shape index (κ1) is 6.23. The van der Waals surface area contributed by atoms with Gasteiger partial charge in [0.15, 0.2) is 0 Å². The Balaban J connectivity index is 2.57.